The monoisotopic (exact) mass is 362 g/mol. The van der Waals surface area contributed by atoms with Crippen LogP contribution in [0.1, 0.15) is 16.1 Å². The number of benzene rings is 2. The number of hydrogen-bond donors (Lipinski definition) is 1. The van der Waals surface area contributed by atoms with Crippen molar-refractivity contribution in [2.75, 3.05) is 12.5 Å². The Labute approximate surface area is 156 Å². The van der Waals surface area contributed by atoms with Crippen LogP contribution in [0.25, 0.3) is 11.3 Å². The smallest absolute Gasteiger partial charge is 0.196 e. The third kappa shape index (κ3) is 3.90. The molecule has 26 heavy (non-hydrogen) atoms. The Morgan fingerprint density at radius 2 is 2.08 bits per heavy atom. The molecule has 0 aliphatic carbocycles. The summed E-state index contributed by atoms with van der Waals surface area (Å²) in [7, 11) is 1.63. The molecule has 0 saturated carbocycles. The molecule has 0 unspecified atom stereocenters. The number of hydrazone groups is 1. The summed E-state index contributed by atoms with van der Waals surface area (Å²) < 4.78 is 5.25. The fourth-order valence-electron chi connectivity index (χ4n) is 2.47. The van der Waals surface area contributed by atoms with Gasteiger partial charge >= 0.3 is 0 Å². The molecular weight excluding hydrogens is 344 g/mol. The van der Waals surface area contributed by atoms with Crippen molar-refractivity contribution in [2.24, 2.45) is 5.10 Å². The molecule has 0 aliphatic heterocycles. The first kappa shape index (κ1) is 17.6. The van der Waals surface area contributed by atoms with Crippen LogP contribution in [-0.2, 0) is 0 Å². The zero-order chi connectivity index (χ0) is 18.5. The van der Waals surface area contributed by atoms with Crippen molar-refractivity contribution < 1.29 is 4.74 Å². The van der Waals surface area contributed by atoms with E-state index in [0.717, 1.165) is 28.3 Å². The molecule has 0 radical (unpaired) electrons. The molecule has 5 nitrogen and oxygen atoms in total. The van der Waals surface area contributed by atoms with Gasteiger partial charge in [-0.25, -0.2) is 4.98 Å². The molecule has 1 heterocycles. The van der Waals surface area contributed by atoms with Crippen LogP contribution in [0.15, 0.2) is 52.9 Å². The van der Waals surface area contributed by atoms with E-state index in [4.69, 9.17) is 4.74 Å². The molecule has 0 amide bonds. The summed E-state index contributed by atoms with van der Waals surface area (Å²) in [4.78, 5) is 4.55. The van der Waals surface area contributed by atoms with Crippen molar-refractivity contribution in [1.29, 1.82) is 5.26 Å². The van der Waals surface area contributed by atoms with Gasteiger partial charge in [-0.3, -0.25) is 5.43 Å². The maximum absolute atomic E-state index is 9.46. The molecule has 3 rings (SSSR count). The van der Waals surface area contributed by atoms with Gasteiger partial charge in [0.15, 0.2) is 10.7 Å². The lowest BCUT2D eigenvalue weighted by Crippen LogP contribution is -2.02. The van der Waals surface area contributed by atoms with Gasteiger partial charge in [-0.2, -0.15) is 10.4 Å². The summed E-state index contributed by atoms with van der Waals surface area (Å²) in [6.45, 7) is 4.04. The Bertz CT molecular complexity index is 1000. The molecule has 2 aromatic carbocycles. The van der Waals surface area contributed by atoms with Crippen molar-refractivity contribution >= 4 is 22.7 Å². The standard InChI is InChI=1S/C20H18N4OS/c1-13-7-8-17(14(2)9-13)23-24-18(11-21)20-22-19(12-26-20)15-5-4-6-16(10-15)25-3/h4-10,12,23H,1-3H3/b24-18+. The van der Waals surface area contributed by atoms with Gasteiger partial charge < -0.3 is 4.74 Å². The van der Waals surface area contributed by atoms with Crippen LogP contribution in [0, 0.1) is 25.2 Å². The topological polar surface area (TPSA) is 70.3 Å². The maximum atomic E-state index is 9.46. The van der Waals surface area contributed by atoms with E-state index in [2.05, 4.69) is 27.6 Å². The van der Waals surface area contributed by atoms with Crippen molar-refractivity contribution in [2.45, 2.75) is 13.8 Å². The van der Waals surface area contributed by atoms with E-state index in [-0.39, 0.29) is 5.71 Å². The second-order valence-corrected chi connectivity index (χ2v) is 6.63. The number of thiazole rings is 1. The van der Waals surface area contributed by atoms with Crippen LogP contribution in [0.5, 0.6) is 5.75 Å². The van der Waals surface area contributed by atoms with E-state index in [1.54, 1.807) is 7.11 Å². The van der Waals surface area contributed by atoms with Crippen molar-refractivity contribution in [1.82, 2.24) is 4.98 Å². The second-order valence-electron chi connectivity index (χ2n) is 5.77. The summed E-state index contributed by atoms with van der Waals surface area (Å²) >= 11 is 1.39. The van der Waals surface area contributed by atoms with Crippen molar-refractivity contribution in [3.8, 4) is 23.1 Å². The fraction of sp³-hybridized carbons (Fsp3) is 0.150. The minimum absolute atomic E-state index is 0.254. The van der Waals surface area contributed by atoms with Gasteiger partial charge in [0.05, 0.1) is 18.5 Å². The number of hydrogen-bond acceptors (Lipinski definition) is 6. The van der Waals surface area contributed by atoms with Gasteiger partial charge in [0.2, 0.25) is 0 Å². The SMILES string of the molecule is COc1cccc(-c2csc(/C(C#N)=N/Nc3ccc(C)cc3C)n2)c1. The second kappa shape index (κ2) is 7.81. The van der Waals surface area contributed by atoms with E-state index < -0.39 is 0 Å². The molecule has 0 atom stereocenters. The zero-order valence-corrected chi connectivity index (χ0v) is 15.6. The van der Waals surface area contributed by atoms with E-state index in [9.17, 15) is 5.26 Å². The summed E-state index contributed by atoms with van der Waals surface area (Å²) in [6.07, 6.45) is 0. The average Bonchev–Trinajstić information content (AvgIpc) is 3.14. The van der Waals surface area contributed by atoms with Crippen LogP contribution in [0.3, 0.4) is 0 Å². The van der Waals surface area contributed by atoms with Crippen LogP contribution >= 0.6 is 11.3 Å². The number of nitriles is 1. The van der Waals surface area contributed by atoms with Crippen molar-refractivity contribution in [3.05, 3.63) is 64.0 Å². The summed E-state index contributed by atoms with van der Waals surface area (Å²) in [6, 6.07) is 15.8. The van der Waals surface area contributed by atoms with Crippen LogP contribution in [-0.4, -0.2) is 17.8 Å². The van der Waals surface area contributed by atoms with Crippen molar-refractivity contribution in [3.63, 3.8) is 0 Å². The molecule has 130 valence electrons. The van der Waals surface area contributed by atoms with Gasteiger partial charge in [0.1, 0.15) is 11.8 Å². The van der Waals surface area contributed by atoms with Crippen LogP contribution in [0.2, 0.25) is 0 Å². The Kier molecular flexibility index (Phi) is 5.30. The highest BCUT2D eigenvalue weighted by atomic mass is 32.1. The third-order valence-electron chi connectivity index (χ3n) is 3.85. The number of aryl methyl sites for hydroxylation is 2. The number of anilines is 1. The zero-order valence-electron chi connectivity index (χ0n) is 14.8. The largest absolute Gasteiger partial charge is 0.497 e. The highest BCUT2D eigenvalue weighted by molar-refractivity contribution is 7.12. The van der Waals surface area contributed by atoms with E-state index in [1.807, 2.05) is 55.6 Å². The van der Waals surface area contributed by atoms with Gasteiger partial charge in [0, 0.05) is 10.9 Å². The normalized spacial score (nSPS) is 11.1. The van der Waals surface area contributed by atoms with E-state index in [1.165, 1.54) is 16.9 Å². The molecule has 0 saturated heterocycles. The molecule has 0 spiro atoms. The fourth-order valence-corrected chi connectivity index (χ4v) is 3.24. The van der Waals surface area contributed by atoms with Gasteiger partial charge in [-0.05, 0) is 37.6 Å². The van der Waals surface area contributed by atoms with E-state index >= 15 is 0 Å². The lowest BCUT2D eigenvalue weighted by molar-refractivity contribution is 0.415. The number of nitrogens with zero attached hydrogens (tertiary/aromatic N) is 3. The highest BCUT2D eigenvalue weighted by Gasteiger charge is 2.11. The number of nitrogens with one attached hydrogen (secondary N) is 1. The number of aromatic nitrogens is 1. The predicted octanol–water partition coefficient (Wildman–Crippen LogP) is 4.78. The first-order valence-electron chi connectivity index (χ1n) is 8.02. The molecule has 0 fully saturated rings. The third-order valence-corrected chi connectivity index (χ3v) is 4.70. The van der Waals surface area contributed by atoms with Gasteiger partial charge in [0.25, 0.3) is 0 Å². The van der Waals surface area contributed by atoms with E-state index in [0.29, 0.717) is 5.01 Å². The molecule has 1 aromatic heterocycles. The summed E-state index contributed by atoms with van der Waals surface area (Å²) in [5, 5.41) is 16.2. The average molecular weight is 362 g/mol. The minimum Gasteiger partial charge on any atom is -0.497 e. The highest BCUT2D eigenvalue weighted by Crippen LogP contribution is 2.25. The summed E-state index contributed by atoms with van der Waals surface area (Å²) in [5.74, 6) is 0.766. The molecule has 0 aliphatic rings. The lowest BCUT2D eigenvalue weighted by Gasteiger charge is -2.05. The maximum Gasteiger partial charge on any atom is 0.196 e. The number of methoxy groups -OCH3 is 1. The minimum atomic E-state index is 0.254. The van der Waals surface area contributed by atoms with Gasteiger partial charge in [-0.1, -0.05) is 29.8 Å². The number of rotatable bonds is 5. The first-order chi connectivity index (χ1) is 12.6. The predicted molar refractivity (Wildman–Crippen MR) is 106 cm³/mol. The van der Waals surface area contributed by atoms with Crippen LogP contribution < -0.4 is 10.2 Å². The summed E-state index contributed by atoms with van der Waals surface area (Å²) in [5.41, 5.74) is 8.07. The molecular formula is C20H18N4OS. The molecule has 0 bridgehead atoms. The first-order valence-corrected chi connectivity index (χ1v) is 8.90. The lowest BCUT2D eigenvalue weighted by atomic mass is 10.1. The molecule has 6 heteroatoms. The number of ether oxygens (including phenoxy) is 1. The van der Waals surface area contributed by atoms with Crippen LogP contribution in [0.4, 0.5) is 5.69 Å². The molecule has 1 N–H and O–H groups in total. The quantitative estimate of drug-likeness (QED) is 0.524. The Hall–Kier alpha value is -3.17. The molecule has 3 aromatic rings. The Balaban J connectivity index is 1.85. The van der Waals surface area contributed by atoms with Gasteiger partial charge in [-0.15, -0.1) is 11.3 Å². The Morgan fingerprint density at radius 3 is 2.81 bits per heavy atom. The Morgan fingerprint density at radius 1 is 1.23 bits per heavy atom.